The molecule has 0 heterocycles. The molecular formula is C14H15F4NO. The van der Waals surface area contributed by atoms with Crippen LogP contribution in [0.3, 0.4) is 0 Å². The summed E-state index contributed by atoms with van der Waals surface area (Å²) in [6.45, 7) is 7.39. The summed E-state index contributed by atoms with van der Waals surface area (Å²) in [6, 6.07) is 2.68. The second kappa shape index (κ2) is 6.07. The average molecular weight is 289 g/mol. The van der Waals surface area contributed by atoms with Crippen molar-refractivity contribution in [2.75, 3.05) is 13.1 Å². The van der Waals surface area contributed by atoms with Crippen LogP contribution in [0.5, 0.6) is 0 Å². The molecule has 0 spiro atoms. The molecule has 0 fully saturated rings. The van der Waals surface area contributed by atoms with Crippen LogP contribution in [-0.2, 0) is 6.18 Å². The maximum absolute atomic E-state index is 13.9. The van der Waals surface area contributed by atoms with Crippen molar-refractivity contribution < 1.29 is 22.4 Å². The molecule has 20 heavy (non-hydrogen) atoms. The fraction of sp³-hybridized carbons (Fsp3) is 0.357. The molecule has 0 bridgehead atoms. The average Bonchev–Trinajstić information content (AvgIpc) is 2.33. The van der Waals surface area contributed by atoms with Gasteiger partial charge in [-0.25, -0.2) is 4.39 Å². The zero-order chi connectivity index (χ0) is 15.5. The molecule has 0 N–H and O–H groups in total. The van der Waals surface area contributed by atoms with Gasteiger partial charge in [0.1, 0.15) is 5.82 Å². The van der Waals surface area contributed by atoms with Gasteiger partial charge in [-0.15, -0.1) is 0 Å². The number of halogens is 4. The molecule has 0 aromatic heterocycles. The van der Waals surface area contributed by atoms with Crippen molar-refractivity contribution >= 4 is 5.91 Å². The molecular weight excluding hydrogens is 274 g/mol. The van der Waals surface area contributed by atoms with E-state index in [0.717, 1.165) is 12.1 Å². The number of benzene rings is 1. The molecule has 1 amide bonds. The maximum Gasteiger partial charge on any atom is 0.419 e. The Morgan fingerprint density at radius 1 is 1.35 bits per heavy atom. The van der Waals surface area contributed by atoms with Gasteiger partial charge in [0.25, 0.3) is 5.91 Å². The number of hydrogen-bond donors (Lipinski definition) is 0. The van der Waals surface area contributed by atoms with E-state index in [1.165, 1.54) is 4.90 Å². The van der Waals surface area contributed by atoms with Crippen LogP contribution in [0.1, 0.15) is 29.8 Å². The van der Waals surface area contributed by atoms with E-state index < -0.39 is 29.0 Å². The largest absolute Gasteiger partial charge is 0.419 e. The first-order valence-electron chi connectivity index (χ1n) is 5.97. The molecule has 0 saturated heterocycles. The smallest absolute Gasteiger partial charge is 0.335 e. The summed E-state index contributed by atoms with van der Waals surface area (Å²) in [4.78, 5) is 13.3. The Hall–Kier alpha value is -1.85. The SMILES string of the molecule is C=C(C)CN(CC)C(=O)c1cccc(C(F)(F)F)c1F. The van der Waals surface area contributed by atoms with E-state index in [0.29, 0.717) is 11.6 Å². The van der Waals surface area contributed by atoms with Crippen LogP contribution in [0.25, 0.3) is 0 Å². The first-order chi connectivity index (χ1) is 9.18. The van der Waals surface area contributed by atoms with Crippen LogP contribution >= 0.6 is 0 Å². The highest BCUT2D eigenvalue weighted by Crippen LogP contribution is 2.32. The molecule has 1 rings (SSSR count). The number of carbonyl (C=O) groups is 1. The highest BCUT2D eigenvalue weighted by Gasteiger charge is 2.36. The second-order valence-corrected chi connectivity index (χ2v) is 4.44. The predicted octanol–water partition coefficient (Wildman–Crippen LogP) is 3.88. The molecule has 0 aliphatic heterocycles. The van der Waals surface area contributed by atoms with E-state index in [-0.39, 0.29) is 13.1 Å². The quantitative estimate of drug-likeness (QED) is 0.608. The van der Waals surface area contributed by atoms with Crippen molar-refractivity contribution in [3.8, 4) is 0 Å². The zero-order valence-electron chi connectivity index (χ0n) is 11.2. The Morgan fingerprint density at radius 3 is 2.40 bits per heavy atom. The third-order valence-electron chi connectivity index (χ3n) is 2.66. The van der Waals surface area contributed by atoms with Crippen LogP contribution < -0.4 is 0 Å². The third-order valence-corrected chi connectivity index (χ3v) is 2.66. The van der Waals surface area contributed by atoms with Crippen molar-refractivity contribution in [2.24, 2.45) is 0 Å². The summed E-state index contributed by atoms with van der Waals surface area (Å²) in [5.74, 6) is -2.32. The monoisotopic (exact) mass is 289 g/mol. The molecule has 110 valence electrons. The zero-order valence-corrected chi connectivity index (χ0v) is 11.2. The van der Waals surface area contributed by atoms with Gasteiger partial charge in [-0.3, -0.25) is 4.79 Å². The van der Waals surface area contributed by atoms with Gasteiger partial charge in [0.15, 0.2) is 0 Å². The number of alkyl halides is 3. The number of rotatable bonds is 4. The van der Waals surface area contributed by atoms with E-state index in [1.807, 2.05) is 0 Å². The number of carbonyl (C=O) groups excluding carboxylic acids is 1. The number of likely N-dealkylation sites (N-methyl/N-ethyl adjacent to an activating group) is 1. The standard InChI is InChI=1S/C14H15F4NO/c1-4-19(8-9(2)3)13(20)10-6-5-7-11(12(10)15)14(16,17)18/h5-7H,2,4,8H2,1,3H3. The maximum atomic E-state index is 13.9. The minimum absolute atomic E-state index is 0.172. The van der Waals surface area contributed by atoms with Gasteiger partial charge in [-0.2, -0.15) is 13.2 Å². The molecule has 0 unspecified atom stereocenters. The number of amides is 1. The summed E-state index contributed by atoms with van der Waals surface area (Å²) in [5.41, 5.74) is -1.36. The Balaban J connectivity index is 3.20. The lowest BCUT2D eigenvalue weighted by Crippen LogP contribution is -2.33. The summed E-state index contributed by atoms with van der Waals surface area (Å²) in [7, 11) is 0. The molecule has 6 heteroatoms. The van der Waals surface area contributed by atoms with Gasteiger partial charge in [0.05, 0.1) is 11.1 Å². The van der Waals surface area contributed by atoms with E-state index in [2.05, 4.69) is 6.58 Å². The molecule has 0 radical (unpaired) electrons. The molecule has 0 aliphatic carbocycles. The Bertz CT molecular complexity index is 522. The molecule has 1 aromatic carbocycles. The van der Waals surface area contributed by atoms with Crippen molar-refractivity contribution in [1.29, 1.82) is 0 Å². The van der Waals surface area contributed by atoms with Gasteiger partial charge in [-0.05, 0) is 26.0 Å². The fourth-order valence-corrected chi connectivity index (χ4v) is 1.74. The first kappa shape index (κ1) is 16.2. The minimum atomic E-state index is -4.83. The molecule has 2 nitrogen and oxygen atoms in total. The van der Waals surface area contributed by atoms with Gasteiger partial charge in [-0.1, -0.05) is 18.2 Å². The van der Waals surface area contributed by atoms with Gasteiger partial charge in [0, 0.05) is 13.1 Å². The van der Waals surface area contributed by atoms with E-state index >= 15 is 0 Å². The molecule has 0 saturated carbocycles. The fourth-order valence-electron chi connectivity index (χ4n) is 1.74. The normalized spacial score (nSPS) is 11.3. The Labute approximate surface area is 114 Å². The summed E-state index contributed by atoms with van der Waals surface area (Å²) >= 11 is 0. The topological polar surface area (TPSA) is 20.3 Å². The van der Waals surface area contributed by atoms with E-state index in [1.54, 1.807) is 13.8 Å². The van der Waals surface area contributed by atoms with Gasteiger partial charge in [0.2, 0.25) is 0 Å². The summed E-state index contributed by atoms with van der Waals surface area (Å²) in [6.07, 6.45) is -4.83. The third kappa shape index (κ3) is 3.59. The number of hydrogen-bond acceptors (Lipinski definition) is 1. The molecule has 0 aliphatic rings. The van der Waals surface area contributed by atoms with Crippen molar-refractivity contribution in [3.63, 3.8) is 0 Å². The van der Waals surface area contributed by atoms with Crippen molar-refractivity contribution in [1.82, 2.24) is 4.90 Å². The lowest BCUT2D eigenvalue weighted by molar-refractivity contribution is -0.140. The minimum Gasteiger partial charge on any atom is -0.335 e. The molecule has 0 atom stereocenters. The highest BCUT2D eigenvalue weighted by atomic mass is 19.4. The van der Waals surface area contributed by atoms with Gasteiger partial charge >= 0.3 is 6.18 Å². The van der Waals surface area contributed by atoms with Crippen molar-refractivity contribution in [3.05, 3.63) is 47.3 Å². The Kier molecular flexibility index (Phi) is 4.92. The van der Waals surface area contributed by atoms with Gasteiger partial charge < -0.3 is 4.90 Å². The van der Waals surface area contributed by atoms with E-state index in [4.69, 9.17) is 0 Å². The lowest BCUT2D eigenvalue weighted by Gasteiger charge is -2.22. The lowest BCUT2D eigenvalue weighted by atomic mass is 10.1. The predicted molar refractivity (Wildman–Crippen MR) is 67.8 cm³/mol. The number of nitrogens with zero attached hydrogens (tertiary/aromatic N) is 1. The second-order valence-electron chi connectivity index (χ2n) is 4.44. The van der Waals surface area contributed by atoms with Crippen LogP contribution in [0, 0.1) is 5.82 Å². The molecule has 1 aromatic rings. The van der Waals surface area contributed by atoms with Crippen LogP contribution in [0.2, 0.25) is 0 Å². The first-order valence-corrected chi connectivity index (χ1v) is 5.97. The van der Waals surface area contributed by atoms with Crippen LogP contribution in [0.15, 0.2) is 30.4 Å². The summed E-state index contributed by atoms with van der Waals surface area (Å²) in [5, 5.41) is 0. The van der Waals surface area contributed by atoms with Crippen molar-refractivity contribution in [2.45, 2.75) is 20.0 Å². The highest BCUT2D eigenvalue weighted by molar-refractivity contribution is 5.94. The Morgan fingerprint density at radius 2 is 1.95 bits per heavy atom. The van der Waals surface area contributed by atoms with Crippen LogP contribution in [0.4, 0.5) is 17.6 Å². The summed E-state index contributed by atoms with van der Waals surface area (Å²) < 4.78 is 51.7. The van der Waals surface area contributed by atoms with Crippen LogP contribution in [-0.4, -0.2) is 23.9 Å². The van der Waals surface area contributed by atoms with E-state index in [9.17, 15) is 22.4 Å².